The van der Waals surface area contributed by atoms with E-state index >= 15 is 0 Å². The highest BCUT2D eigenvalue weighted by Gasteiger charge is 2.21. The number of amides is 2. The van der Waals surface area contributed by atoms with Crippen LogP contribution in [0.1, 0.15) is 50.4 Å². The third-order valence-electron chi connectivity index (χ3n) is 3.90. The molecule has 0 aliphatic rings. The summed E-state index contributed by atoms with van der Waals surface area (Å²) in [6.07, 6.45) is 1.24. The normalized spacial score (nSPS) is 13.2. The summed E-state index contributed by atoms with van der Waals surface area (Å²) in [7, 11) is 0. The number of hydrogen-bond donors (Lipinski definition) is 2. The number of carboxylic acids is 1. The van der Waals surface area contributed by atoms with E-state index in [4.69, 9.17) is 0 Å². The number of aliphatic carboxylic acids is 1. The van der Waals surface area contributed by atoms with E-state index in [9.17, 15) is 19.5 Å². The van der Waals surface area contributed by atoms with E-state index < -0.39 is 23.7 Å². The first-order valence-corrected chi connectivity index (χ1v) is 8.16. The lowest BCUT2D eigenvalue weighted by atomic mass is 9.85. The van der Waals surface area contributed by atoms with Crippen LogP contribution in [0.25, 0.3) is 0 Å². The molecule has 1 aromatic carbocycles. The van der Waals surface area contributed by atoms with Gasteiger partial charge in [0, 0.05) is 23.9 Å². The third-order valence-corrected chi connectivity index (χ3v) is 3.90. The average molecular weight is 333 g/mol. The van der Waals surface area contributed by atoms with E-state index in [1.165, 1.54) is 0 Å². The van der Waals surface area contributed by atoms with E-state index in [2.05, 4.69) is 10.9 Å². The molecule has 0 saturated heterocycles. The zero-order valence-electron chi connectivity index (χ0n) is 14.4. The van der Waals surface area contributed by atoms with E-state index in [-0.39, 0.29) is 12.3 Å². The third kappa shape index (κ3) is 6.81. The molecule has 0 heterocycles. The first-order chi connectivity index (χ1) is 11.3. The molecule has 1 rings (SSSR count). The van der Waals surface area contributed by atoms with Gasteiger partial charge in [-0.3, -0.25) is 20.4 Å². The molecular formula is C18H25N2O4-. The summed E-state index contributed by atoms with van der Waals surface area (Å²) in [4.78, 5) is 35.0. The molecule has 24 heavy (non-hydrogen) atoms. The largest absolute Gasteiger partial charge is 0.550 e. The Labute approximate surface area is 142 Å². The van der Waals surface area contributed by atoms with Gasteiger partial charge in [-0.2, -0.15) is 0 Å². The summed E-state index contributed by atoms with van der Waals surface area (Å²) in [5, 5.41) is 11.3. The van der Waals surface area contributed by atoms with Crippen LogP contribution >= 0.6 is 0 Å². The summed E-state index contributed by atoms with van der Waals surface area (Å²) < 4.78 is 0. The maximum absolute atomic E-state index is 11.9. The number of carbonyl (C=O) groups is 3. The van der Waals surface area contributed by atoms with Gasteiger partial charge in [0.2, 0.25) is 5.91 Å². The van der Waals surface area contributed by atoms with Crippen LogP contribution in [0.3, 0.4) is 0 Å². The Morgan fingerprint density at radius 2 is 1.62 bits per heavy atom. The lowest BCUT2D eigenvalue weighted by Crippen LogP contribution is -2.43. The van der Waals surface area contributed by atoms with Gasteiger partial charge in [-0.1, -0.05) is 45.4 Å². The minimum atomic E-state index is -1.13. The number of hydrazine groups is 1. The Bertz CT molecular complexity index is 557. The van der Waals surface area contributed by atoms with Gasteiger partial charge in [0.15, 0.2) is 0 Å². The Morgan fingerprint density at radius 3 is 2.17 bits per heavy atom. The van der Waals surface area contributed by atoms with E-state index in [0.717, 1.165) is 6.42 Å². The average Bonchev–Trinajstić information content (AvgIpc) is 2.52. The van der Waals surface area contributed by atoms with Crippen molar-refractivity contribution in [3.05, 3.63) is 35.9 Å². The molecule has 6 nitrogen and oxygen atoms in total. The van der Waals surface area contributed by atoms with Crippen LogP contribution in [-0.2, 0) is 9.59 Å². The number of hydrogen-bond acceptors (Lipinski definition) is 4. The second-order valence-corrected chi connectivity index (χ2v) is 6.45. The molecule has 2 atom stereocenters. The summed E-state index contributed by atoms with van der Waals surface area (Å²) in [6.45, 7) is 5.74. The molecule has 0 fully saturated rings. The van der Waals surface area contributed by atoms with Crippen molar-refractivity contribution in [3.8, 4) is 0 Å². The number of carboxylic acid groups (broad SMARTS) is 1. The number of nitrogens with one attached hydrogen (secondary N) is 2. The minimum absolute atomic E-state index is 0.00577. The Balaban J connectivity index is 2.47. The number of carbonyl (C=O) groups excluding carboxylic acids is 3. The van der Waals surface area contributed by atoms with Crippen LogP contribution in [-0.4, -0.2) is 17.8 Å². The fourth-order valence-electron chi connectivity index (χ4n) is 2.42. The van der Waals surface area contributed by atoms with Crippen LogP contribution in [0.15, 0.2) is 30.3 Å². The summed E-state index contributed by atoms with van der Waals surface area (Å²) in [5.41, 5.74) is 5.07. The maximum Gasteiger partial charge on any atom is 0.269 e. The molecular weight excluding hydrogens is 308 g/mol. The maximum atomic E-state index is 11.9. The smallest absolute Gasteiger partial charge is 0.269 e. The molecule has 0 radical (unpaired) electrons. The molecule has 0 spiro atoms. The molecule has 132 valence electrons. The minimum Gasteiger partial charge on any atom is -0.550 e. The Kier molecular flexibility index (Phi) is 7.95. The molecule has 6 heteroatoms. The Hall–Kier alpha value is -2.37. The van der Waals surface area contributed by atoms with Crippen LogP contribution < -0.4 is 16.0 Å². The van der Waals surface area contributed by atoms with Crippen LogP contribution in [0.2, 0.25) is 0 Å². The second kappa shape index (κ2) is 9.70. The first-order valence-electron chi connectivity index (χ1n) is 8.16. The fourth-order valence-corrected chi connectivity index (χ4v) is 2.42. The lowest BCUT2D eigenvalue weighted by Gasteiger charge is -2.25. The highest BCUT2D eigenvalue weighted by Crippen LogP contribution is 2.22. The van der Waals surface area contributed by atoms with Crippen molar-refractivity contribution < 1.29 is 19.5 Å². The number of benzene rings is 1. The van der Waals surface area contributed by atoms with E-state index in [1.54, 1.807) is 37.3 Å². The molecule has 0 bridgehead atoms. The van der Waals surface area contributed by atoms with E-state index in [0.29, 0.717) is 17.9 Å². The zero-order chi connectivity index (χ0) is 18.1. The molecule has 0 saturated carbocycles. The van der Waals surface area contributed by atoms with Gasteiger partial charge < -0.3 is 9.90 Å². The Morgan fingerprint density at radius 1 is 1.00 bits per heavy atom. The highest BCUT2D eigenvalue weighted by molar-refractivity contribution is 5.95. The van der Waals surface area contributed by atoms with E-state index in [1.807, 2.05) is 13.8 Å². The topological polar surface area (TPSA) is 98.3 Å². The quantitative estimate of drug-likeness (QED) is 0.700. The summed E-state index contributed by atoms with van der Waals surface area (Å²) >= 11 is 0. The summed E-state index contributed by atoms with van der Waals surface area (Å²) in [5.74, 6) is -2.65. The van der Waals surface area contributed by atoms with Crippen molar-refractivity contribution in [2.24, 2.45) is 17.8 Å². The molecule has 0 aromatic heterocycles. The molecule has 0 aliphatic heterocycles. The van der Waals surface area contributed by atoms with Gasteiger partial charge in [-0.25, -0.2) is 0 Å². The zero-order valence-corrected chi connectivity index (χ0v) is 14.4. The fraction of sp³-hybridized carbons (Fsp3) is 0.500. The van der Waals surface area contributed by atoms with Crippen molar-refractivity contribution in [2.45, 2.75) is 40.0 Å². The molecule has 1 aromatic rings. The molecule has 0 aliphatic carbocycles. The van der Waals surface area contributed by atoms with Gasteiger partial charge in [0.1, 0.15) is 0 Å². The van der Waals surface area contributed by atoms with Crippen molar-refractivity contribution in [2.75, 3.05) is 0 Å². The molecule has 2 N–H and O–H groups in total. The van der Waals surface area contributed by atoms with Crippen LogP contribution in [0.4, 0.5) is 0 Å². The lowest BCUT2D eigenvalue weighted by molar-refractivity contribution is -0.313. The first kappa shape index (κ1) is 19.7. The second-order valence-electron chi connectivity index (χ2n) is 6.45. The van der Waals surface area contributed by atoms with Crippen molar-refractivity contribution in [3.63, 3.8) is 0 Å². The van der Waals surface area contributed by atoms with Gasteiger partial charge >= 0.3 is 0 Å². The predicted octanol–water partition coefficient (Wildman–Crippen LogP) is 1.28. The number of rotatable bonds is 8. The van der Waals surface area contributed by atoms with Crippen molar-refractivity contribution in [1.82, 2.24) is 10.9 Å². The highest BCUT2D eigenvalue weighted by atomic mass is 16.4. The van der Waals surface area contributed by atoms with Gasteiger partial charge in [-0.15, -0.1) is 0 Å². The predicted molar refractivity (Wildman–Crippen MR) is 88.4 cm³/mol. The molecule has 0 unspecified atom stereocenters. The standard InChI is InChI=1S/C18H26N2O4/c1-12(2)9-10-15(18(23)24)13(3)11-16(21)19-20-17(22)14-7-5-4-6-8-14/h4-8,12-13,15H,9-11H2,1-3H3,(H,19,21)(H,20,22)(H,23,24)/p-1/t13-,15-/m1/s1. The molecule has 2 amide bonds. The van der Waals surface area contributed by atoms with Gasteiger partial charge in [0.05, 0.1) is 0 Å². The SMILES string of the molecule is CC(C)CC[C@@H](C(=O)[O-])[C@H](C)CC(=O)NNC(=O)c1ccccc1. The van der Waals surface area contributed by atoms with Crippen molar-refractivity contribution in [1.29, 1.82) is 0 Å². The summed E-state index contributed by atoms with van der Waals surface area (Å²) in [6, 6.07) is 8.48. The van der Waals surface area contributed by atoms with Gasteiger partial charge in [-0.05, 0) is 30.4 Å². The van der Waals surface area contributed by atoms with Crippen LogP contribution in [0.5, 0.6) is 0 Å². The van der Waals surface area contributed by atoms with Crippen LogP contribution in [0, 0.1) is 17.8 Å². The van der Waals surface area contributed by atoms with Crippen molar-refractivity contribution >= 4 is 17.8 Å². The monoisotopic (exact) mass is 333 g/mol. The van der Waals surface area contributed by atoms with Gasteiger partial charge in [0.25, 0.3) is 5.91 Å².